The highest BCUT2D eigenvalue weighted by Crippen LogP contribution is 2.24. The smallest absolute Gasteiger partial charge is 0.237 e. The number of carbonyl (C=O) groups is 1. The van der Waals surface area contributed by atoms with E-state index in [1.54, 1.807) is 24.4 Å². The van der Waals surface area contributed by atoms with Gasteiger partial charge in [-0.3, -0.25) is 9.78 Å². The average molecular weight is 331 g/mol. The monoisotopic (exact) mass is 331 g/mol. The molecule has 1 aromatic carbocycles. The van der Waals surface area contributed by atoms with E-state index in [0.29, 0.717) is 11.3 Å². The molecule has 5 nitrogen and oxygen atoms in total. The summed E-state index contributed by atoms with van der Waals surface area (Å²) < 4.78 is 19.5. The first kappa shape index (κ1) is 17.9. The van der Waals surface area contributed by atoms with Crippen LogP contribution in [0.2, 0.25) is 0 Å². The highest BCUT2D eigenvalue weighted by Gasteiger charge is 2.19. The van der Waals surface area contributed by atoms with Gasteiger partial charge in [-0.05, 0) is 35.7 Å². The third-order valence-electron chi connectivity index (χ3n) is 3.88. The van der Waals surface area contributed by atoms with Gasteiger partial charge in [0.1, 0.15) is 5.75 Å². The summed E-state index contributed by atoms with van der Waals surface area (Å²) in [4.78, 5) is 15.9. The minimum absolute atomic E-state index is 0.0944. The third-order valence-corrected chi connectivity index (χ3v) is 3.88. The number of nitrogens with zero attached hydrogens (tertiary/aromatic N) is 1. The Hall–Kier alpha value is -2.47. The van der Waals surface area contributed by atoms with Crippen molar-refractivity contribution < 1.29 is 13.9 Å². The molecule has 1 aromatic heterocycles. The first-order valence-electron chi connectivity index (χ1n) is 7.90. The Morgan fingerprint density at radius 1 is 1.42 bits per heavy atom. The Morgan fingerprint density at radius 3 is 2.83 bits per heavy atom. The lowest BCUT2D eigenvalue weighted by Gasteiger charge is -2.17. The average Bonchev–Trinajstić information content (AvgIpc) is 2.61. The fourth-order valence-electron chi connectivity index (χ4n) is 2.09. The minimum atomic E-state index is -0.562. The molecule has 24 heavy (non-hydrogen) atoms. The SMILES string of the molecule is CCC(C)C(N)C(=O)NCc1ccc(Oc2cccnc2)c(F)c1. The van der Waals surface area contributed by atoms with Crippen LogP contribution in [-0.4, -0.2) is 16.9 Å². The summed E-state index contributed by atoms with van der Waals surface area (Å²) in [6.45, 7) is 4.12. The van der Waals surface area contributed by atoms with Gasteiger partial charge >= 0.3 is 0 Å². The normalized spacial score (nSPS) is 13.2. The zero-order chi connectivity index (χ0) is 17.5. The summed E-state index contributed by atoms with van der Waals surface area (Å²) >= 11 is 0. The van der Waals surface area contributed by atoms with Crippen LogP contribution in [-0.2, 0) is 11.3 Å². The van der Waals surface area contributed by atoms with Gasteiger partial charge in [0.15, 0.2) is 11.6 Å². The van der Waals surface area contributed by atoms with Crippen molar-refractivity contribution in [2.75, 3.05) is 0 Å². The van der Waals surface area contributed by atoms with Gasteiger partial charge in [-0.25, -0.2) is 4.39 Å². The van der Waals surface area contributed by atoms with Gasteiger partial charge in [-0.1, -0.05) is 26.3 Å². The summed E-state index contributed by atoms with van der Waals surface area (Å²) in [6, 6.07) is 7.39. The maximum atomic E-state index is 14.1. The second kappa shape index (κ2) is 8.40. The summed E-state index contributed by atoms with van der Waals surface area (Å²) in [7, 11) is 0. The van der Waals surface area contributed by atoms with Gasteiger partial charge in [0.2, 0.25) is 5.91 Å². The van der Waals surface area contributed by atoms with Crippen LogP contribution in [0.1, 0.15) is 25.8 Å². The number of pyridine rings is 1. The van der Waals surface area contributed by atoms with Crippen molar-refractivity contribution in [2.24, 2.45) is 11.7 Å². The molecular weight excluding hydrogens is 309 g/mol. The van der Waals surface area contributed by atoms with Crippen molar-refractivity contribution >= 4 is 5.91 Å². The van der Waals surface area contributed by atoms with Crippen LogP contribution >= 0.6 is 0 Å². The number of rotatable bonds is 7. The zero-order valence-corrected chi connectivity index (χ0v) is 13.8. The van der Waals surface area contributed by atoms with Crippen molar-refractivity contribution in [2.45, 2.75) is 32.9 Å². The summed E-state index contributed by atoms with van der Waals surface area (Å²) in [6.07, 6.45) is 3.94. The molecule has 0 saturated heterocycles. The van der Waals surface area contributed by atoms with Crippen LogP contribution in [0.25, 0.3) is 0 Å². The molecule has 1 amide bonds. The van der Waals surface area contributed by atoms with E-state index in [2.05, 4.69) is 10.3 Å². The molecule has 2 aromatic rings. The number of ether oxygens (including phenoxy) is 1. The van der Waals surface area contributed by atoms with Crippen molar-refractivity contribution in [3.8, 4) is 11.5 Å². The van der Waals surface area contributed by atoms with E-state index < -0.39 is 11.9 Å². The Kier molecular flexibility index (Phi) is 6.26. The quantitative estimate of drug-likeness (QED) is 0.817. The number of benzene rings is 1. The molecule has 0 radical (unpaired) electrons. The van der Waals surface area contributed by atoms with E-state index in [4.69, 9.17) is 10.5 Å². The Balaban J connectivity index is 1.96. The van der Waals surface area contributed by atoms with Gasteiger partial charge in [0.25, 0.3) is 0 Å². The van der Waals surface area contributed by atoms with E-state index in [1.807, 2.05) is 13.8 Å². The highest BCUT2D eigenvalue weighted by atomic mass is 19.1. The lowest BCUT2D eigenvalue weighted by molar-refractivity contribution is -0.123. The van der Waals surface area contributed by atoms with Gasteiger partial charge in [0.05, 0.1) is 12.2 Å². The Bertz CT molecular complexity index is 679. The first-order chi connectivity index (χ1) is 11.5. The summed E-state index contributed by atoms with van der Waals surface area (Å²) in [5.74, 6) is -0.0828. The number of aromatic nitrogens is 1. The van der Waals surface area contributed by atoms with Gasteiger partial charge in [-0.15, -0.1) is 0 Å². The molecule has 0 aliphatic heterocycles. The standard InChI is InChI=1S/C18H22FN3O2/c1-3-12(2)17(20)18(23)22-10-13-6-7-16(15(19)9-13)24-14-5-4-8-21-11-14/h4-9,11-12,17H,3,10,20H2,1-2H3,(H,22,23). The van der Waals surface area contributed by atoms with E-state index in [-0.39, 0.29) is 24.1 Å². The Labute approximate surface area is 141 Å². The van der Waals surface area contributed by atoms with E-state index >= 15 is 0 Å². The molecule has 6 heteroatoms. The highest BCUT2D eigenvalue weighted by molar-refractivity contribution is 5.81. The fraction of sp³-hybridized carbons (Fsp3) is 0.333. The third kappa shape index (κ3) is 4.76. The molecule has 128 valence electrons. The number of nitrogens with two attached hydrogens (primary N) is 1. The van der Waals surface area contributed by atoms with Crippen LogP contribution in [0.3, 0.4) is 0 Å². The van der Waals surface area contributed by atoms with Crippen LogP contribution in [0.5, 0.6) is 11.5 Å². The lowest BCUT2D eigenvalue weighted by Crippen LogP contribution is -2.44. The number of hydrogen-bond acceptors (Lipinski definition) is 4. The molecule has 2 unspecified atom stereocenters. The van der Waals surface area contributed by atoms with Gasteiger partial charge < -0.3 is 15.8 Å². The maximum Gasteiger partial charge on any atom is 0.237 e. The van der Waals surface area contributed by atoms with Crippen LogP contribution in [0.15, 0.2) is 42.7 Å². The molecular formula is C18H22FN3O2. The van der Waals surface area contributed by atoms with Crippen LogP contribution in [0.4, 0.5) is 4.39 Å². The number of hydrogen-bond donors (Lipinski definition) is 2. The molecule has 1 heterocycles. The van der Waals surface area contributed by atoms with E-state index in [1.165, 1.54) is 18.3 Å². The summed E-state index contributed by atoms with van der Waals surface area (Å²) in [5, 5.41) is 2.73. The van der Waals surface area contributed by atoms with Gasteiger partial charge in [0, 0.05) is 12.7 Å². The number of carbonyl (C=O) groups excluding carboxylic acids is 1. The van der Waals surface area contributed by atoms with Gasteiger partial charge in [-0.2, -0.15) is 0 Å². The van der Waals surface area contributed by atoms with Crippen molar-refractivity contribution in [3.63, 3.8) is 0 Å². The van der Waals surface area contributed by atoms with Crippen LogP contribution in [0, 0.1) is 11.7 Å². The number of nitrogens with one attached hydrogen (secondary N) is 1. The topological polar surface area (TPSA) is 77.2 Å². The molecule has 2 rings (SSSR count). The molecule has 0 bridgehead atoms. The maximum absolute atomic E-state index is 14.1. The molecule has 0 aliphatic rings. The molecule has 2 atom stereocenters. The number of amides is 1. The van der Waals surface area contributed by atoms with Crippen molar-refractivity contribution in [1.29, 1.82) is 0 Å². The lowest BCUT2D eigenvalue weighted by atomic mass is 9.99. The molecule has 0 aliphatic carbocycles. The molecule has 0 fully saturated rings. The molecule has 0 saturated carbocycles. The predicted octanol–water partition coefficient (Wildman–Crippen LogP) is 3.00. The second-order valence-corrected chi connectivity index (χ2v) is 5.68. The van der Waals surface area contributed by atoms with Crippen molar-refractivity contribution in [1.82, 2.24) is 10.3 Å². The largest absolute Gasteiger partial charge is 0.453 e. The number of halogens is 1. The van der Waals surface area contributed by atoms with E-state index in [9.17, 15) is 9.18 Å². The van der Waals surface area contributed by atoms with E-state index in [0.717, 1.165) is 6.42 Å². The summed E-state index contributed by atoms with van der Waals surface area (Å²) in [5.41, 5.74) is 6.50. The first-order valence-corrected chi connectivity index (χ1v) is 7.90. The predicted molar refractivity (Wildman–Crippen MR) is 90.0 cm³/mol. The van der Waals surface area contributed by atoms with Crippen molar-refractivity contribution in [3.05, 3.63) is 54.1 Å². The minimum Gasteiger partial charge on any atom is -0.453 e. The Morgan fingerprint density at radius 2 is 2.21 bits per heavy atom. The van der Waals surface area contributed by atoms with Crippen LogP contribution < -0.4 is 15.8 Å². The molecule has 3 N–H and O–H groups in total. The second-order valence-electron chi connectivity index (χ2n) is 5.68. The zero-order valence-electron chi connectivity index (χ0n) is 13.8. The fourth-order valence-corrected chi connectivity index (χ4v) is 2.09. The molecule has 0 spiro atoms.